The molecule has 0 bridgehead atoms. The second-order valence-corrected chi connectivity index (χ2v) is 4.96. The third-order valence-electron chi connectivity index (χ3n) is 2.22. The van der Waals surface area contributed by atoms with E-state index < -0.39 is 24.9 Å². The smallest absolute Gasteiger partial charge is 0.389 e. The highest BCUT2D eigenvalue weighted by Crippen LogP contribution is 2.21. The van der Waals surface area contributed by atoms with E-state index in [-0.39, 0.29) is 13.2 Å². The Hall–Kier alpha value is -1.52. The van der Waals surface area contributed by atoms with Gasteiger partial charge in [0.1, 0.15) is 0 Å². The van der Waals surface area contributed by atoms with E-state index in [1.54, 1.807) is 11.4 Å². The zero-order valence-corrected chi connectivity index (χ0v) is 11.4. The molecule has 0 unspecified atom stereocenters. The molecule has 0 aliphatic carbocycles. The molecule has 2 N–H and O–H groups in total. The SMILES string of the molecule is O=C(CCC(F)(F)F)NCc1cc(C#CCCO)cs1. The zero-order chi connectivity index (χ0) is 15.0. The van der Waals surface area contributed by atoms with E-state index in [1.165, 1.54) is 11.3 Å². The molecule has 1 amide bonds. The zero-order valence-electron chi connectivity index (χ0n) is 10.6. The molecule has 0 atom stereocenters. The van der Waals surface area contributed by atoms with Crippen LogP contribution >= 0.6 is 11.3 Å². The molecule has 1 rings (SSSR count). The van der Waals surface area contributed by atoms with E-state index in [4.69, 9.17) is 5.11 Å². The first-order chi connectivity index (χ1) is 9.40. The summed E-state index contributed by atoms with van der Waals surface area (Å²) in [7, 11) is 0. The van der Waals surface area contributed by atoms with Crippen LogP contribution in [0.2, 0.25) is 0 Å². The Labute approximate surface area is 118 Å². The van der Waals surface area contributed by atoms with Crippen LogP contribution in [0, 0.1) is 11.8 Å². The van der Waals surface area contributed by atoms with Crippen molar-refractivity contribution in [2.75, 3.05) is 6.61 Å². The highest BCUT2D eigenvalue weighted by Gasteiger charge is 2.27. The van der Waals surface area contributed by atoms with Gasteiger partial charge in [0, 0.05) is 28.7 Å². The molecule has 20 heavy (non-hydrogen) atoms. The predicted octanol–water partition coefficient (Wildman–Crippen LogP) is 2.44. The van der Waals surface area contributed by atoms with Gasteiger partial charge in [-0.2, -0.15) is 13.2 Å². The normalized spacial score (nSPS) is 10.8. The molecule has 1 heterocycles. The molecule has 0 aliphatic rings. The summed E-state index contributed by atoms with van der Waals surface area (Å²) in [5, 5.41) is 12.8. The Bertz CT molecular complexity index is 500. The Kier molecular flexibility index (Phi) is 6.55. The van der Waals surface area contributed by atoms with Gasteiger partial charge in [-0.05, 0) is 6.07 Å². The van der Waals surface area contributed by atoms with Crippen molar-refractivity contribution in [3.8, 4) is 11.8 Å². The number of hydrogen-bond donors (Lipinski definition) is 2. The standard InChI is InChI=1S/C13H14F3NO2S/c14-13(15,16)5-4-12(19)17-8-11-7-10(9-20-11)3-1-2-6-18/h7,9,18H,2,4-6,8H2,(H,17,19). The van der Waals surface area contributed by atoms with Crippen LogP contribution in [-0.4, -0.2) is 23.8 Å². The van der Waals surface area contributed by atoms with Crippen LogP contribution in [0.4, 0.5) is 13.2 Å². The maximum atomic E-state index is 11.9. The van der Waals surface area contributed by atoms with E-state index in [0.717, 1.165) is 10.4 Å². The van der Waals surface area contributed by atoms with Gasteiger partial charge in [-0.15, -0.1) is 11.3 Å². The fourth-order valence-electron chi connectivity index (χ4n) is 1.29. The lowest BCUT2D eigenvalue weighted by atomic mass is 10.2. The number of aliphatic hydroxyl groups excluding tert-OH is 1. The Morgan fingerprint density at radius 2 is 2.20 bits per heavy atom. The van der Waals surface area contributed by atoms with Crippen LogP contribution < -0.4 is 5.32 Å². The minimum Gasteiger partial charge on any atom is -0.395 e. The minimum atomic E-state index is -4.31. The van der Waals surface area contributed by atoms with Gasteiger partial charge in [-0.1, -0.05) is 11.8 Å². The maximum absolute atomic E-state index is 11.9. The molecular formula is C13H14F3NO2S. The average Bonchev–Trinajstić information content (AvgIpc) is 2.81. The Morgan fingerprint density at radius 1 is 1.45 bits per heavy atom. The van der Waals surface area contributed by atoms with Crippen LogP contribution in [0.1, 0.15) is 29.7 Å². The summed E-state index contributed by atoms with van der Waals surface area (Å²) in [6.07, 6.45) is -5.59. The summed E-state index contributed by atoms with van der Waals surface area (Å²) in [5.74, 6) is 4.98. The van der Waals surface area contributed by atoms with Crippen LogP contribution in [0.25, 0.3) is 0 Å². The third kappa shape index (κ3) is 7.16. The highest BCUT2D eigenvalue weighted by atomic mass is 32.1. The lowest BCUT2D eigenvalue weighted by molar-refractivity contribution is -0.144. The number of alkyl halides is 3. The molecule has 110 valence electrons. The second-order valence-electron chi connectivity index (χ2n) is 3.97. The van der Waals surface area contributed by atoms with Gasteiger partial charge in [0.25, 0.3) is 0 Å². The fraction of sp³-hybridized carbons (Fsp3) is 0.462. The topological polar surface area (TPSA) is 49.3 Å². The number of rotatable bonds is 5. The van der Waals surface area contributed by atoms with Gasteiger partial charge in [0.15, 0.2) is 0 Å². The first-order valence-electron chi connectivity index (χ1n) is 5.91. The van der Waals surface area contributed by atoms with Gasteiger partial charge in [0.2, 0.25) is 5.91 Å². The van der Waals surface area contributed by atoms with Crippen molar-refractivity contribution >= 4 is 17.2 Å². The summed E-state index contributed by atoms with van der Waals surface area (Å²) >= 11 is 1.37. The molecule has 0 spiro atoms. The molecule has 1 aromatic rings. The van der Waals surface area contributed by atoms with E-state index in [1.807, 2.05) is 0 Å². The molecule has 1 aromatic heterocycles. The fourth-order valence-corrected chi connectivity index (χ4v) is 2.04. The second kappa shape index (κ2) is 7.92. The number of aliphatic hydroxyl groups is 1. The van der Waals surface area contributed by atoms with Gasteiger partial charge in [-0.3, -0.25) is 4.79 Å². The number of carbonyl (C=O) groups is 1. The number of halogens is 3. The van der Waals surface area contributed by atoms with Gasteiger partial charge in [-0.25, -0.2) is 0 Å². The van der Waals surface area contributed by atoms with E-state index in [0.29, 0.717) is 6.42 Å². The summed E-state index contributed by atoms with van der Waals surface area (Å²) in [6.45, 7) is 0.197. The maximum Gasteiger partial charge on any atom is 0.389 e. The van der Waals surface area contributed by atoms with Crippen LogP contribution in [0.5, 0.6) is 0 Å². The van der Waals surface area contributed by atoms with Crippen molar-refractivity contribution in [3.05, 3.63) is 21.9 Å². The summed E-state index contributed by atoms with van der Waals surface area (Å²) < 4.78 is 35.8. The average molecular weight is 305 g/mol. The number of thiophene rings is 1. The lowest BCUT2D eigenvalue weighted by Crippen LogP contribution is -2.24. The summed E-state index contributed by atoms with van der Waals surface area (Å²) in [6, 6.07) is 1.76. The molecular weight excluding hydrogens is 291 g/mol. The molecule has 3 nitrogen and oxygen atoms in total. The molecule has 0 saturated carbocycles. The van der Waals surface area contributed by atoms with Crippen molar-refractivity contribution in [3.63, 3.8) is 0 Å². The van der Waals surface area contributed by atoms with Crippen LogP contribution in [0.3, 0.4) is 0 Å². The minimum absolute atomic E-state index is 0.000737. The third-order valence-corrected chi connectivity index (χ3v) is 3.16. The van der Waals surface area contributed by atoms with Gasteiger partial charge < -0.3 is 10.4 Å². The first kappa shape index (κ1) is 16.5. The van der Waals surface area contributed by atoms with Crippen LogP contribution in [-0.2, 0) is 11.3 Å². The predicted molar refractivity (Wildman–Crippen MR) is 70.0 cm³/mol. The van der Waals surface area contributed by atoms with Crippen molar-refractivity contribution < 1.29 is 23.1 Å². The quantitative estimate of drug-likeness (QED) is 0.821. The van der Waals surface area contributed by atoms with Crippen molar-refractivity contribution in [1.29, 1.82) is 0 Å². The number of nitrogens with one attached hydrogen (secondary N) is 1. The van der Waals surface area contributed by atoms with E-state index in [9.17, 15) is 18.0 Å². The van der Waals surface area contributed by atoms with E-state index >= 15 is 0 Å². The Morgan fingerprint density at radius 3 is 2.85 bits per heavy atom. The largest absolute Gasteiger partial charge is 0.395 e. The molecule has 7 heteroatoms. The molecule has 0 fully saturated rings. The van der Waals surface area contributed by atoms with Gasteiger partial charge in [0.05, 0.1) is 19.6 Å². The van der Waals surface area contributed by atoms with Gasteiger partial charge >= 0.3 is 6.18 Å². The number of amides is 1. The lowest BCUT2D eigenvalue weighted by Gasteiger charge is -2.06. The van der Waals surface area contributed by atoms with E-state index in [2.05, 4.69) is 17.2 Å². The molecule has 0 aliphatic heterocycles. The monoisotopic (exact) mass is 305 g/mol. The highest BCUT2D eigenvalue weighted by molar-refractivity contribution is 7.10. The number of carbonyl (C=O) groups excluding carboxylic acids is 1. The molecule has 0 aromatic carbocycles. The van der Waals surface area contributed by atoms with Crippen molar-refractivity contribution in [2.45, 2.75) is 32.0 Å². The Balaban J connectivity index is 2.35. The summed E-state index contributed by atoms with van der Waals surface area (Å²) in [4.78, 5) is 12.0. The van der Waals surface area contributed by atoms with Crippen molar-refractivity contribution in [1.82, 2.24) is 5.32 Å². The number of hydrogen-bond acceptors (Lipinski definition) is 3. The van der Waals surface area contributed by atoms with Crippen molar-refractivity contribution in [2.24, 2.45) is 0 Å². The molecule has 0 radical (unpaired) electrons. The summed E-state index contributed by atoms with van der Waals surface area (Å²) in [5.41, 5.74) is 0.767. The van der Waals surface area contributed by atoms with Crippen LogP contribution in [0.15, 0.2) is 11.4 Å². The first-order valence-corrected chi connectivity index (χ1v) is 6.79. The molecule has 0 saturated heterocycles.